The summed E-state index contributed by atoms with van der Waals surface area (Å²) in [5.74, 6) is -1.10. The van der Waals surface area contributed by atoms with E-state index in [1.54, 1.807) is 24.4 Å². The molecular formula is C22H23ClFN3O4. The second-order valence-corrected chi connectivity index (χ2v) is 8.65. The number of aliphatic hydroxyl groups excluding tert-OH is 1. The van der Waals surface area contributed by atoms with Crippen LogP contribution in [0, 0.1) is 5.82 Å². The first-order chi connectivity index (χ1) is 14.8. The minimum Gasteiger partial charge on any atom is -0.484 e. The number of fused-ring (bicyclic) bond motifs is 3. The molecule has 1 aromatic heterocycles. The van der Waals surface area contributed by atoms with Gasteiger partial charge in [0.1, 0.15) is 17.3 Å². The van der Waals surface area contributed by atoms with Crippen LogP contribution in [0.2, 0.25) is 5.02 Å². The lowest BCUT2D eigenvalue weighted by Crippen LogP contribution is -2.70. The standard InChI is InChI=1S/C22H23ClFN3O4/c23-15-5-4-14(11-16(15)24)31-13-19(29)26-22-8-6-21(7-9-22,12-18(22)28)27-20(30)17-3-1-2-10-25-17/h1-5,10-11,18,28H,6-9,12-13H2,(H,26,29)(H,27,30)/t18-,21?,22?/m0/s1. The van der Waals surface area contributed by atoms with E-state index >= 15 is 0 Å². The average molecular weight is 448 g/mol. The van der Waals surface area contributed by atoms with Gasteiger partial charge in [0.25, 0.3) is 11.8 Å². The Morgan fingerprint density at radius 2 is 1.97 bits per heavy atom. The van der Waals surface area contributed by atoms with Crippen LogP contribution in [0.15, 0.2) is 42.6 Å². The summed E-state index contributed by atoms with van der Waals surface area (Å²) in [7, 11) is 0. The van der Waals surface area contributed by atoms with Gasteiger partial charge in [-0.1, -0.05) is 17.7 Å². The first-order valence-electron chi connectivity index (χ1n) is 10.1. The number of hydrogen-bond acceptors (Lipinski definition) is 5. The van der Waals surface area contributed by atoms with Gasteiger partial charge in [0.05, 0.1) is 16.7 Å². The van der Waals surface area contributed by atoms with Gasteiger partial charge in [0.2, 0.25) is 0 Å². The Hall–Kier alpha value is -2.71. The summed E-state index contributed by atoms with van der Waals surface area (Å²) in [5.41, 5.74) is -0.945. The minimum atomic E-state index is -0.809. The van der Waals surface area contributed by atoms with Gasteiger partial charge in [-0.25, -0.2) is 4.39 Å². The molecule has 0 saturated heterocycles. The number of halogens is 2. The third kappa shape index (κ3) is 4.50. The zero-order chi connectivity index (χ0) is 22.1. The number of nitrogens with zero attached hydrogens (tertiary/aromatic N) is 1. The average Bonchev–Trinajstić information content (AvgIpc) is 2.76. The van der Waals surface area contributed by atoms with Gasteiger partial charge in [-0.3, -0.25) is 14.6 Å². The fourth-order valence-corrected chi connectivity index (χ4v) is 4.61. The highest BCUT2D eigenvalue weighted by molar-refractivity contribution is 6.30. The number of aromatic nitrogens is 1. The van der Waals surface area contributed by atoms with Crippen molar-refractivity contribution < 1.29 is 23.8 Å². The van der Waals surface area contributed by atoms with E-state index in [0.29, 0.717) is 37.8 Å². The lowest BCUT2D eigenvalue weighted by molar-refractivity contribution is -0.132. The van der Waals surface area contributed by atoms with E-state index in [9.17, 15) is 19.1 Å². The third-order valence-electron chi connectivity index (χ3n) is 6.25. The maximum absolute atomic E-state index is 13.5. The molecule has 3 aliphatic rings. The van der Waals surface area contributed by atoms with Crippen molar-refractivity contribution in [1.29, 1.82) is 0 Å². The molecule has 2 aromatic rings. The Kier molecular flexibility index (Phi) is 5.85. The number of benzene rings is 1. The zero-order valence-corrected chi connectivity index (χ0v) is 17.5. The monoisotopic (exact) mass is 447 g/mol. The van der Waals surface area contributed by atoms with Gasteiger partial charge in [-0.15, -0.1) is 0 Å². The number of rotatable bonds is 6. The summed E-state index contributed by atoms with van der Waals surface area (Å²) in [6.45, 7) is -0.308. The molecule has 2 bridgehead atoms. The molecule has 1 aromatic carbocycles. The smallest absolute Gasteiger partial charge is 0.270 e. The van der Waals surface area contributed by atoms with E-state index in [2.05, 4.69) is 15.6 Å². The molecule has 1 atom stereocenters. The molecule has 0 aliphatic heterocycles. The van der Waals surface area contributed by atoms with Crippen LogP contribution in [-0.2, 0) is 4.79 Å². The van der Waals surface area contributed by atoms with Crippen molar-refractivity contribution in [3.05, 3.63) is 59.1 Å². The van der Waals surface area contributed by atoms with Crippen LogP contribution >= 0.6 is 11.6 Å². The number of hydrogen-bond donors (Lipinski definition) is 3. The summed E-state index contributed by atoms with van der Waals surface area (Å²) >= 11 is 5.64. The van der Waals surface area contributed by atoms with Crippen LogP contribution in [0.1, 0.15) is 42.6 Å². The molecule has 0 radical (unpaired) electrons. The Morgan fingerprint density at radius 1 is 1.19 bits per heavy atom. The van der Waals surface area contributed by atoms with Gasteiger partial charge < -0.3 is 20.5 Å². The molecule has 9 heteroatoms. The normalized spacial score (nSPS) is 26.9. The predicted molar refractivity (Wildman–Crippen MR) is 111 cm³/mol. The molecule has 3 fully saturated rings. The topological polar surface area (TPSA) is 101 Å². The van der Waals surface area contributed by atoms with E-state index in [4.69, 9.17) is 16.3 Å². The number of aliphatic hydroxyl groups is 1. The summed E-state index contributed by atoms with van der Waals surface area (Å²) in [6, 6.07) is 9.08. The maximum atomic E-state index is 13.5. The molecule has 5 rings (SSSR count). The molecular weight excluding hydrogens is 425 g/mol. The van der Waals surface area contributed by atoms with Crippen LogP contribution in [-0.4, -0.2) is 45.7 Å². The molecule has 3 saturated carbocycles. The molecule has 3 N–H and O–H groups in total. The quantitative estimate of drug-likeness (QED) is 0.632. The molecule has 31 heavy (non-hydrogen) atoms. The number of amides is 2. The summed E-state index contributed by atoms with van der Waals surface area (Å²) in [5, 5.41) is 16.7. The van der Waals surface area contributed by atoms with E-state index in [0.717, 1.165) is 6.07 Å². The van der Waals surface area contributed by atoms with Crippen LogP contribution < -0.4 is 15.4 Å². The molecule has 2 amide bonds. The fourth-order valence-electron chi connectivity index (χ4n) is 4.49. The summed E-state index contributed by atoms with van der Waals surface area (Å²) < 4.78 is 18.9. The van der Waals surface area contributed by atoms with Crippen molar-refractivity contribution in [2.75, 3.05) is 6.61 Å². The number of carbonyl (C=O) groups is 2. The molecule has 7 nitrogen and oxygen atoms in total. The number of pyridine rings is 1. The van der Waals surface area contributed by atoms with Gasteiger partial charge in [0, 0.05) is 17.8 Å². The lowest BCUT2D eigenvalue weighted by Gasteiger charge is -2.56. The first kappa shape index (κ1) is 21.5. The zero-order valence-electron chi connectivity index (χ0n) is 16.7. The molecule has 1 heterocycles. The Balaban J connectivity index is 1.34. The SMILES string of the molecule is O=C(COc1ccc(Cl)c(F)c1)NC12CCC(NC(=O)c3ccccn3)(CC1)C[C@@H]2O. The second kappa shape index (κ2) is 8.43. The minimum absolute atomic E-state index is 0.0261. The van der Waals surface area contributed by atoms with Crippen molar-refractivity contribution in [3.63, 3.8) is 0 Å². The number of ether oxygens (including phenoxy) is 1. The molecule has 0 unspecified atom stereocenters. The third-order valence-corrected chi connectivity index (χ3v) is 6.55. The predicted octanol–water partition coefficient (Wildman–Crippen LogP) is 2.62. The van der Waals surface area contributed by atoms with Gasteiger partial charge in [-0.2, -0.15) is 0 Å². The maximum Gasteiger partial charge on any atom is 0.270 e. The van der Waals surface area contributed by atoms with Crippen LogP contribution in [0.4, 0.5) is 4.39 Å². The highest BCUT2D eigenvalue weighted by Gasteiger charge is 2.55. The summed E-state index contributed by atoms with van der Waals surface area (Å²) in [6.07, 6.45) is 3.41. The van der Waals surface area contributed by atoms with Gasteiger partial charge in [-0.05, 0) is 56.4 Å². The van der Waals surface area contributed by atoms with Crippen molar-refractivity contribution in [2.45, 2.75) is 49.3 Å². The van der Waals surface area contributed by atoms with Gasteiger partial charge >= 0.3 is 0 Å². The van der Waals surface area contributed by atoms with E-state index < -0.39 is 28.9 Å². The Morgan fingerprint density at radius 3 is 2.61 bits per heavy atom. The Labute approximate surface area is 184 Å². The van der Waals surface area contributed by atoms with Crippen molar-refractivity contribution >= 4 is 23.4 Å². The first-order valence-corrected chi connectivity index (χ1v) is 10.5. The number of carbonyl (C=O) groups excluding carboxylic acids is 2. The highest BCUT2D eigenvalue weighted by atomic mass is 35.5. The largest absolute Gasteiger partial charge is 0.484 e. The van der Waals surface area contributed by atoms with Crippen LogP contribution in [0.25, 0.3) is 0 Å². The second-order valence-electron chi connectivity index (χ2n) is 8.24. The van der Waals surface area contributed by atoms with E-state index in [-0.39, 0.29) is 23.3 Å². The van der Waals surface area contributed by atoms with Crippen LogP contribution in [0.3, 0.4) is 0 Å². The lowest BCUT2D eigenvalue weighted by atomic mass is 9.60. The highest BCUT2D eigenvalue weighted by Crippen LogP contribution is 2.47. The van der Waals surface area contributed by atoms with Crippen molar-refractivity contribution in [2.24, 2.45) is 0 Å². The molecule has 3 aliphatic carbocycles. The fraction of sp³-hybridized carbons (Fsp3) is 0.409. The van der Waals surface area contributed by atoms with Crippen LogP contribution in [0.5, 0.6) is 5.75 Å². The Bertz CT molecular complexity index is 980. The molecule has 0 spiro atoms. The van der Waals surface area contributed by atoms with Crippen molar-refractivity contribution in [1.82, 2.24) is 15.6 Å². The summed E-state index contributed by atoms with van der Waals surface area (Å²) in [4.78, 5) is 29.1. The molecule has 164 valence electrons. The number of nitrogens with one attached hydrogen (secondary N) is 2. The van der Waals surface area contributed by atoms with E-state index in [1.807, 2.05) is 0 Å². The van der Waals surface area contributed by atoms with Gasteiger partial charge in [0.15, 0.2) is 6.61 Å². The van der Waals surface area contributed by atoms with Crippen molar-refractivity contribution in [3.8, 4) is 5.75 Å². The van der Waals surface area contributed by atoms with E-state index in [1.165, 1.54) is 12.1 Å².